The predicted molar refractivity (Wildman–Crippen MR) is 89.4 cm³/mol. The molecule has 1 aliphatic heterocycles. The molecule has 0 aliphatic carbocycles. The molecular weight excluding hydrogens is 298 g/mol. The van der Waals surface area contributed by atoms with E-state index in [1.165, 1.54) is 5.56 Å². The number of carboxylic acid groups (broad SMARTS) is 1. The smallest absolute Gasteiger partial charge is 0.305 e. The molecular formula is C17H23NO3S. The van der Waals surface area contributed by atoms with Crippen molar-refractivity contribution in [2.45, 2.75) is 39.7 Å². The van der Waals surface area contributed by atoms with Crippen LogP contribution in [0.3, 0.4) is 0 Å². The summed E-state index contributed by atoms with van der Waals surface area (Å²) in [7, 11) is 0. The minimum atomic E-state index is -0.840. The average Bonchev–Trinajstić information content (AvgIpc) is 2.42. The van der Waals surface area contributed by atoms with Crippen molar-refractivity contribution in [3.05, 3.63) is 34.4 Å². The Morgan fingerprint density at radius 3 is 2.50 bits per heavy atom. The minimum absolute atomic E-state index is 0.0323. The molecule has 0 radical (unpaired) electrons. The van der Waals surface area contributed by atoms with Crippen LogP contribution in [0.25, 0.3) is 0 Å². The lowest BCUT2D eigenvalue weighted by Crippen LogP contribution is -2.47. The highest BCUT2D eigenvalue weighted by atomic mass is 32.2. The number of carbonyl (C=O) groups is 2. The van der Waals surface area contributed by atoms with E-state index < -0.39 is 5.97 Å². The van der Waals surface area contributed by atoms with Crippen molar-refractivity contribution in [1.29, 1.82) is 0 Å². The number of benzene rings is 1. The molecule has 120 valence electrons. The lowest BCUT2D eigenvalue weighted by Gasteiger charge is -2.35. The van der Waals surface area contributed by atoms with Crippen molar-refractivity contribution in [3.8, 4) is 0 Å². The number of hydrogen-bond acceptors (Lipinski definition) is 3. The number of rotatable bonds is 4. The van der Waals surface area contributed by atoms with Gasteiger partial charge in [-0.2, -0.15) is 11.8 Å². The lowest BCUT2D eigenvalue weighted by atomic mass is 9.96. The van der Waals surface area contributed by atoms with Crippen LogP contribution in [-0.2, 0) is 16.0 Å². The number of amides is 1. The van der Waals surface area contributed by atoms with E-state index in [0.717, 1.165) is 22.4 Å². The summed E-state index contributed by atoms with van der Waals surface area (Å²) < 4.78 is 0. The van der Waals surface area contributed by atoms with E-state index in [0.29, 0.717) is 18.7 Å². The molecule has 1 aromatic rings. The van der Waals surface area contributed by atoms with Crippen molar-refractivity contribution in [3.63, 3.8) is 0 Å². The lowest BCUT2D eigenvalue weighted by molar-refractivity contribution is -0.140. The Morgan fingerprint density at radius 1 is 1.27 bits per heavy atom. The highest BCUT2D eigenvalue weighted by molar-refractivity contribution is 7.99. The number of carboxylic acids is 1. The van der Waals surface area contributed by atoms with Gasteiger partial charge < -0.3 is 10.0 Å². The van der Waals surface area contributed by atoms with Crippen molar-refractivity contribution in [1.82, 2.24) is 4.90 Å². The van der Waals surface area contributed by atoms with Gasteiger partial charge in [-0.15, -0.1) is 0 Å². The fourth-order valence-corrected chi connectivity index (χ4v) is 4.16. The maximum atomic E-state index is 12.7. The van der Waals surface area contributed by atoms with Gasteiger partial charge in [-0.3, -0.25) is 9.59 Å². The first-order valence-electron chi connectivity index (χ1n) is 7.54. The van der Waals surface area contributed by atoms with Gasteiger partial charge in [0.1, 0.15) is 0 Å². The number of aliphatic carboxylic acids is 1. The van der Waals surface area contributed by atoms with E-state index in [-0.39, 0.29) is 18.4 Å². The largest absolute Gasteiger partial charge is 0.481 e. The van der Waals surface area contributed by atoms with Gasteiger partial charge in [0.05, 0.1) is 18.9 Å². The molecule has 0 saturated carbocycles. The molecule has 1 atom stereocenters. The molecule has 0 aromatic heterocycles. The van der Waals surface area contributed by atoms with E-state index in [2.05, 4.69) is 19.1 Å². The molecule has 2 rings (SSSR count). The van der Waals surface area contributed by atoms with Crippen LogP contribution in [0.2, 0.25) is 0 Å². The Bertz CT molecular complexity index is 562. The van der Waals surface area contributed by atoms with E-state index in [9.17, 15) is 9.59 Å². The van der Waals surface area contributed by atoms with Crippen molar-refractivity contribution < 1.29 is 14.7 Å². The Hall–Kier alpha value is -1.49. The maximum absolute atomic E-state index is 12.7. The van der Waals surface area contributed by atoms with Gasteiger partial charge in [0.15, 0.2) is 0 Å². The molecule has 22 heavy (non-hydrogen) atoms. The summed E-state index contributed by atoms with van der Waals surface area (Å²) in [6.07, 6.45) is 0.392. The van der Waals surface area contributed by atoms with Crippen LogP contribution in [0.15, 0.2) is 12.1 Å². The Balaban J connectivity index is 2.15. The maximum Gasteiger partial charge on any atom is 0.305 e. The normalized spacial score (nSPS) is 18.3. The van der Waals surface area contributed by atoms with Crippen LogP contribution in [0, 0.1) is 20.8 Å². The van der Waals surface area contributed by atoms with E-state index >= 15 is 0 Å². The van der Waals surface area contributed by atoms with Crippen molar-refractivity contribution in [2.75, 3.05) is 18.1 Å². The molecule has 1 heterocycles. The summed E-state index contributed by atoms with van der Waals surface area (Å²) in [6.45, 7) is 6.76. The molecule has 1 aromatic carbocycles. The molecule has 1 aliphatic rings. The quantitative estimate of drug-likeness (QED) is 0.926. The number of hydrogen-bond donors (Lipinski definition) is 1. The molecule has 1 N–H and O–H groups in total. The second-order valence-electron chi connectivity index (χ2n) is 5.97. The monoisotopic (exact) mass is 321 g/mol. The number of nitrogens with zero attached hydrogens (tertiary/aromatic N) is 1. The molecule has 4 nitrogen and oxygen atoms in total. The van der Waals surface area contributed by atoms with Gasteiger partial charge in [-0.1, -0.05) is 17.7 Å². The second-order valence-corrected chi connectivity index (χ2v) is 7.12. The number of carbonyl (C=O) groups excluding carboxylic acids is 1. The fourth-order valence-electron chi connectivity index (χ4n) is 3.10. The Morgan fingerprint density at radius 2 is 1.91 bits per heavy atom. The van der Waals surface area contributed by atoms with Crippen molar-refractivity contribution >= 4 is 23.6 Å². The predicted octanol–water partition coefficient (Wildman–Crippen LogP) is 2.57. The summed E-state index contributed by atoms with van der Waals surface area (Å²) >= 11 is 1.72. The third kappa shape index (κ3) is 4.03. The third-order valence-electron chi connectivity index (χ3n) is 4.13. The molecule has 1 unspecified atom stereocenters. The van der Waals surface area contributed by atoms with Crippen LogP contribution in [0.1, 0.15) is 28.7 Å². The molecule has 5 heteroatoms. The summed E-state index contributed by atoms with van der Waals surface area (Å²) in [5.74, 6) is 0.798. The second kappa shape index (κ2) is 7.18. The first-order chi connectivity index (χ1) is 10.4. The molecule has 1 amide bonds. The first-order valence-corrected chi connectivity index (χ1v) is 8.69. The zero-order valence-corrected chi connectivity index (χ0v) is 14.2. The molecule has 0 bridgehead atoms. The van der Waals surface area contributed by atoms with Gasteiger partial charge >= 0.3 is 5.97 Å². The summed E-state index contributed by atoms with van der Waals surface area (Å²) in [6, 6.07) is 4.00. The summed E-state index contributed by atoms with van der Waals surface area (Å²) in [4.78, 5) is 25.4. The van der Waals surface area contributed by atoms with E-state index in [4.69, 9.17) is 5.11 Å². The van der Waals surface area contributed by atoms with Crippen LogP contribution in [0.4, 0.5) is 0 Å². The summed E-state index contributed by atoms with van der Waals surface area (Å²) in [5.41, 5.74) is 4.53. The topological polar surface area (TPSA) is 57.6 Å². The fraction of sp³-hybridized carbons (Fsp3) is 0.529. The average molecular weight is 321 g/mol. The van der Waals surface area contributed by atoms with E-state index in [1.807, 2.05) is 13.8 Å². The van der Waals surface area contributed by atoms with Gasteiger partial charge in [-0.25, -0.2) is 0 Å². The van der Waals surface area contributed by atoms with Gasteiger partial charge in [0.25, 0.3) is 0 Å². The standard InChI is InChI=1S/C17H23NO3S/c1-11-6-12(2)15(13(3)7-11)9-16(19)18-4-5-22-10-14(18)8-17(20)21/h6-7,14H,4-5,8-10H2,1-3H3,(H,20,21). The number of aryl methyl sites for hydroxylation is 3. The Kier molecular flexibility index (Phi) is 5.51. The first kappa shape index (κ1) is 16.9. The van der Waals surface area contributed by atoms with E-state index in [1.54, 1.807) is 16.7 Å². The minimum Gasteiger partial charge on any atom is -0.481 e. The van der Waals surface area contributed by atoms with Gasteiger partial charge in [0.2, 0.25) is 5.91 Å². The molecule has 1 saturated heterocycles. The third-order valence-corrected chi connectivity index (χ3v) is 5.22. The Labute approximate surface area is 135 Å². The summed E-state index contributed by atoms with van der Waals surface area (Å²) in [5, 5.41) is 9.03. The zero-order chi connectivity index (χ0) is 16.3. The highest BCUT2D eigenvalue weighted by Gasteiger charge is 2.29. The van der Waals surface area contributed by atoms with Crippen molar-refractivity contribution in [2.24, 2.45) is 0 Å². The highest BCUT2D eigenvalue weighted by Crippen LogP contribution is 2.22. The molecule has 1 fully saturated rings. The van der Waals surface area contributed by atoms with Crippen LogP contribution < -0.4 is 0 Å². The molecule has 0 spiro atoms. The zero-order valence-electron chi connectivity index (χ0n) is 13.4. The van der Waals surface area contributed by atoms with Crippen LogP contribution >= 0.6 is 11.8 Å². The van der Waals surface area contributed by atoms with Gasteiger partial charge in [0, 0.05) is 18.1 Å². The van der Waals surface area contributed by atoms with Crippen LogP contribution in [-0.4, -0.2) is 46.0 Å². The van der Waals surface area contributed by atoms with Crippen LogP contribution in [0.5, 0.6) is 0 Å². The van der Waals surface area contributed by atoms with Gasteiger partial charge in [-0.05, 0) is 37.5 Å². The number of thioether (sulfide) groups is 1. The SMILES string of the molecule is Cc1cc(C)c(CC(=O)N2CCSCC2CC(=O)O)c(C)c1.